The quantitative estimate of drug-likeness (QED) is 0.397. The van der Waals surface area contributed by atoms with Crippen LogP contribution in [0.2, 0.25) is 0 Å². The average Bonchev–Trinajstić information content (AvgIpc) is 3.14. The van der Waals surface area contributed by atoms with E-state index < -0.39 is 5.97 Å². The monoisotopic (exact) mass is 408 g/mol. The molecule has 0 bridgehead atoms. The molecular weight excluding hydrogens is 384 g/mol. The molecule has 3 N–H and O–H groups in total. The zero-order chi connectivity index (χ0) is 20.2. The Labute approximate surface area is 174 Å². The number of aromatic amines is 1. The van der Waals surface area contributed by atoms with Gasteiger partial charge in [-0.1, -0.05) is 24.3 Å². The molecule has 0 spiro atoms. The summed E-state index contributed by atoms with van der Waals surface area (Å²) in [7, 11) is 0. The molecule has 0 amide bonds. The molecule has 150 valence electrons. The molecule has 0 saturated heterocycles. The Balaban J connectivity index is 1.30. The lowest BCUT2D eigenvalue weighted by atomic mass is 9.96. The molecule has 29 heavy (non-hydrogen) atoms. The number of nitrogens with zero attached hydrogens (tertiary/aromatic N) is 1. The Bertz CT molecular complexity index is 1030. The number of hydrogen-bond donors (Lipinski definition) is 3. The number of rotatable bonds is 7. The fourth-order valence-corrected chi connectivity index (χ4v) is 4.71. The number of nitrogens with one attached hydrogen (secondary N) is 1. The lowest BCUT2D eigenvalue weighted by molar-refractivity contribution is 0.0697. The summed E-state index contributed by atoms with van der Waals surface area (Å²) in [5.74, 6) is 1.63. The SMILES string of the molecule is O=C(O)c1ccc2[nH]cc(CSCCN3CC=CC(c4ccc(O)cc4)C3)c2c1. The highest BCUT2D eigenvalue weighted by Gasteiger charge is 2.17. The number of hydrogen-bond acceptors (Lipinski definition) is 4. The van der Waals surface area contributed by atoms with E-state index >= 15 is 0 Å². The van der Waals surface area contributed by atoms with Crippen molar-refractivity contribution < 1.29 is 15.0 Å². The summed E-state index contributed by atoms with van der Waals surface area (Å²) >= 11 is 1.87. The topological polar surface area (TPSA) is 76.6 Å². The summed E-state index contributed by atoms with van der Waals surface area (Å²) in [6.07, 6.45) is 6.45. The highest BCUT2D eigenvalue weighted by atomic mass is 32.2. The lowest BCUT2D eigenvalue weighted by Gasteiger charge is -2.29. The van der Waals surface area contributed by atoms with Crippen molar-refractivity contribution >= 4 is 28.6 Å². The van der Waals surface area contributed by atoms with Crippen molar-refractivity contribution in [1.29, 1.82) is 0 Å². The predicted octanol–water partition coefficient (Wildman–Crippen LogP) is 4.46. The zero-order valence-electron chi connectivity index (χ0n) is 16.0. The van der Waals surface area contributed by atoms with Crippen LogP contribution in [0.3, 0.4) is 0 Å². The number of fused-ring (bicyclic) bond motifs is 1. The summed E-state index contributed by atoms with van der Waals surface area (Å²) in [6, 6.07) is 12.7. The number of aromatic hydroxyl groups is 1. The van der Waals surface area contributed by atoms with E-state index in [1.54, 1.807) is 24.3 Å². The smallest absolute Gasteiger partial charge is 0.335 e. The van der Waals surface area contributed by atoms with Crippen LogP contribution < -0.4 is 0 Å². The van der Waals surface area contributed by atoms with Crippen molar-refractivity contribution in [3.05, 3.63) is 77.5 Å². The summed E-state index contributed by atoms with van der Waals surface area (Å²) in [4.78, 5) is 16.9. The van der Waals surface area contributed by atoms with Crippen LogP contribution >= 0.6 is 11.8 Å². The number of carboxylic acid groups (broad SMARTS) is 1. The predicted molar refractivity (Wildman–Crippen MR) is 118 cm³/mol. The highest BCUT2D eigenvalue weighted by Crippen LogP contribution is 2.26. The summed E-state index contributed by atoms with van der Waals surface area (Å²) < 4.78 is 0. The molecule has 1 aromatic heterocycles. The van der Waals surface area contributed by atoms with Gasteiger partial charge in [0.05, 0.1) is 5.56 Å². The number of carbonyl (C=O) groups is 1. The van der Waals surface area contributed by atoms with E-state index in [0.29, 0.717) is 17.2 Å². The Morgan fingerprint density at radius 3 is 2.83 bits per heavy atom. The van der Waals surface area contributed by atoms with Gasteiger partial charge in [-0.2, -0.15) is 11.8 Å². The van der Waals surface area contributed by atoms with E-state index in [4.69, 9.17) is 0 Å². The second-order valence-corrected chi connectivity index (χ2v) is 8.42. The summed E-state index contributed by atoms with van der Waals surface area (Å²) in [5, 5.41) is 19.7. The van der Waals surface area contributed by atoms with E-state index in [-0.39, 0.29) is 0 Å². The molecule has 2 heterocycles. The number of benzene rings is 2. The largest absolute Gasteiger partial charge is 0.508 e. The third kappa shape index (κ3) is 4.66. The van der Waals surface area contributed by atoms with Gasteiger partial charge in [0, 0.05) is 54.2 Å². The number of H-pyrrole nitrogens is 1. The molecule has 2 aromatic carbocycles. The molecular formula is C23H24N2O3S. The van der Waals surface area contributed by atoms with Crippen LogP contribution in [0.4, 0.5) is 0 Å². The number of phenolic OH excluding ortho intramolecular Hbond substituents is 1. The molecule has 0 radical (unpaired) electrons. The third-order valence-corrected chi connectivity index (χ3v) is 6.32. The summed E-state index contributed by atoms with van der Waals surface area (Å²) in [5.41, 5.74) is 3.67. The van der Waals surface area contributed by atoms with Gasteiger partial charge in [0.15, 0.2) is 0 Å². The third-order valence-electron chi connectivity index (χ3n) is 5.33. The minimum atomic E-state index is -0.895. The molecule has 5 nitrogen and oxygen atoms in total. The number of thioether (sulfide) groups is 1. The number of carboxylic acids is 1. The van der Waals surface area contributed by atoms with Crippen LogP contribution in [0, 0.1) is 0 Å². The van der Waals surface area contributed by atoms with Crippen LogP contribution in [0.5, 0.6) is 5.75 Å². The fraction of sp³-hybridized carbons (Fsp3) is 0.261. The van der Waals surface area contributed by atoms with Crippen molar-refractivity contribution in [3.8, 4) is 5.75 Å². The van der Waals surface area contributed by atoms with Gasteiger partial charge in [-0.3, -0.25) is 4.90 Å². The van der Waals surface area contributed by atoms with Gasteiger partial charge in [-0.05, 0) is 41.5 Å². The van der Waals surface area contributed by atoms with Crippen LogP contribution in [0.1, 0.15) is 27.4 Å². The van der Waals surface area contributed by atoms with Crippen molar-refractivity contribution in [3.63, 3.8) is 0 Å². The van der Waals surface area contributed by atoms with E-state index in [1.807, 2.05) is 36.2 Å². The lowest BCUT2D eigenvalue weighted by Crippen LogP contribution is -2.33. The van der Waals surface area contributed by atoms with Crippen molar-refractivity contribution in [2.75, 3.05) is 25.4 Å². The molecule has 1 aliphatic rings. The number of phenols is 1. The first-order valence-electron chi connectivity index (χ1n) is 9.69. The van der Waals surface area contributed by atoms with Gasteiger partial charge >= 0.3 is 5.97 Å². The van der Waals surface area contributed by atoms with Crippen molar-refractivity contribution in [2.45, 2.75) is 11.7 Å². The van der Waals surface area contributed by atoms with Gasteiger partial charge in [0.25, 0.3) is 0 Å². The minimum Gasteiger partial charge on any atom is -0.508 e. The first-order valence-corrected chi connectivity index (χ1v) is 10.8. The first-order chi connectivity index (χ1) is 14.1. The highest BCUT2D eigenvalue weighted by molar-refractivity contribution is 7.98. The maximum Gasteiger partial charge on any atom is 0.335 e. The molecule has 0 aliphatic carbocycles. The van der Waals surface area contributed by atoms with Crippen molar-refractivity contribution in [2.24, 2.45) is 0 Å². The maximum atomic E-state index is 11.2. The summed E-state index contributed by atoms with van der Waals surface area (Å²) in [6.45, 7) is 2.95. The van der Waals surface area contributed by atoms with E-state index in [1.165, 1.54) is 5.56 Å². The van der Waals surface area contributed by atoms with Crippen LogP contribution in [-0.2, 0) is 5.75 Å². The Kier molecular flexibility index (Phi) is 5.92. The Morgan fingerprint density at radius 2 is 2.03 bits per heavy atom. The maximum absolute atomic E-state index is 11.2. The number of aromatic carboxylic acids is 1. The molecule has 3 aromatic rings. The molecule has 1 unspecified atom stereocenters. The minimum absolute atomic E-state index is 0.301. The van der Waals surface area contributed by atoms with E-state index in [0.717, 1.165) is 47.6 Å². The van der Waals surface area contributed by atoms with Crippen LogP contribution in [-0.4, -0.2) is 51.5 Å². The standard InChI is InChI=1S/C23H24N2O3S/c26-20-6-3-16(4-7-20)18-2-1-9-25(14-18)10-11-29-15-19-13-24-22-8-5-17(23(27)28)12-21(19)22/h1-8,12-13,18,24,26H,9-11,14-15H2,(H,27,28). The molecule has 0 saturated carbocycles. The molecule has 4 rings (SSSR count). The van der Waals surface area contributed by atoms with E-state index in [9.17, 15) is 15.0 Å². The van der Waals surface area contributed by atoms with Gasteiger partial charge in [0.2, 0.25) is 0 Å². The van der Waals surface area contributed by atoms with Crippen LogP contribution in [0.25, 0.3) is 10.9 Å². The molecule has 6 heteroatoms. The second kappa shape index (κ2) is 8.76. The molecule has 1 atom stereocenters. The molecule has 1 aliphatic heterocycles. The van der Waals surface area contributed by atoms with Crippen molar-refractivity contribution in [1.82, 2.24) is 9.88 Å². The van der Waals surface area contributed by atoms with Gasteiger partial charge in [-0.15, -0.1) is 0 Å². The Hall–Kier alpha value is -2.70. The van der Waals surface area contributed by atoms with Crippen LogP contribution in [0.15, 0.2) is 60.8 Å². The zero-order valence-corrected chi connectivity index (χ0v) is 16.9. The average molecular weight is 409 g/mol. The fourth-order valence-electron chi connectivity index (χ4n) is 3.72. The van der Waals surface area contributed by atoms with Gasteiger partial charge in [0.1, 0.15) is 5.75 Å². The first kappa shape index (κ1) is 19.6. The van der Waals surface area contributed by atoms with Gasteiger partial charge in [-0.25, -0.2) is 4.79 Å². The molecule has 0 fully saturated rings. The van der Waals surface area contributed by atoms with E-state index in [2.05, 4.69) is 22.0 Å². The Morgan fingerprint density at radius 1 is 1.21 bits per heavy atom. The van der Waals surface area contributed by atoms with Gasteiger partial charge < -0.3 is 15.2 Å². The second-order valence-electron chi connectivity index (χ2n) is 7.32. The number of aromatic nitrogens is 1. The normalized spacial score (nSPS) is 17.0.